The van der Waals surface area contributed by atoms with Crippen molar-refractivity contribution in [1.29, 1.82) is 5.26 Å². The summed E-state index contributed by atoms with van der Waals surface area (Å²) in [6, 6.07) is 7.45. The quantitative estimate of drug-likeness (QED) is 0.738. The summed E-state index contributed by atoms with van der Waals surface area (Å²) in [5.74, 6) is -3.42. The second kappa shape index (κ2) is 6.80. The number of benzene rings is 1. The number of hydrogen-bond donors (Lipinski definition) is 0. The molecule has 0 atom stereocenters. The fourth-order valence-electron chi connectivity index (χ4n) is 2.87. The van der Waals surface area contributed by atoms with E-state index in [0.717, 1.165) is 0 Å². The summed E-state index contributed by atoms with van der Waals surface area (Å²) in [5.41, 5.74) is -2.93. The van der Waals surface area contributed by atoms with E-state index in [1.165, 1.54) is 23.1 Å². The molecule has 1 heterocycles. The van der Waals surface area contributed by atoms with Crippen LogP contribution < -0.4 is 0 Å². The predicted molar refractivity (Wildman–Crippen MR) is 90.4 cm³/mol. The molecule has 1 aliphatic rings. The van der Waals surface area contributed by atoms with Crippen molar-refractivity contribution in [2.45, 2.75) is 45.1 Å². The summed E-state index contributed by atoms with van der Waals surface area (Å²) in [6.07, 6.45) is -0.859. The zero-order valence-corrected chi connectivity index (χ0v) is 15.2. The van der Waals surface area contributed by atoms with Crippen LogP contribution in [0.4, 0.5) is 13.6 Å². The molecule has 0 bridgehead atoms. The number of rotatable bonds is 2. The van der Waals surface area contributed by atoms with E-state index >= 15 is 8.78 Å². The molecule has 0 N–H and O–H groups in total. The number of ether oxygens (including phenoxy) is 1. The van der Waals surface area contributed by atoms with Crippen molar-refractivity contribution in [3.63, 3.8) is 0 Å². The Bertz CT molecular complexity index is 687. The molecule has 136 valence electrons. The number of carbonyl (C=O) groups is 1. The maximum atomic E-state index is 15.1. The molecular formula is C18H21ClF2N2O2. The highest BCUT2D eigenvalue weighted by Crippen LogP contribution is 2.52. The molecule has 25 heavy (non-hydrogen) atoms. The number of halogens is 3. The Morgan fingerprint density at radius 1 is 1.28 bits per heavy atom. The van der Waals surface area contributed by atoms with Crippen LogP contribution in [0.15, 0.2) is 24.3 Å². The largest absolute Gasteiger partial charge is 0.444 e. The van der Waals surface area contributed by atoms with Gasteiger partial charge in [0.25, 0.3) is 5.92 Å². The van der Waals surface area contributed by atoms with Crippen LogP contribution in [0.3, 0.4) is 0 Å². The molecule has 7 heteroatoms. The molecule has 4 nitrogen and oxygen atoms in total. The SMILES string of the molecule is CC(C)(C)OC(=O)N1CCC(C#N)(C(F)(F)c2ccccc2Cl)CC1. The van der Waals surface area contributed by atoms with Crippen LogP contribution in [-0.4, -0.2) is 29.7 Å². The Balaban J connectivity index is 2.20. The van der Waals surface area contributed by atoms with E-state index in [2.05, 4.69) is 0 Å². The van der Waals surface area contributed by atoms with Crippen LogP contribution in [-0.2, 0) is 10.7 Å². The second-order valence-electron chi connectivity index (χ2n) is 7.22. The van der Waals surface area contributed by atoms with E-state index in [-0.39, 0.29) is 36.5 Å². The third-order valence-corrected chi connectivity index (χ3v) is 4.63. The topological polar surface area (TPSA) is 53.3 Å². The standard InChI is InChI=1S/C18H21ClF2N2O2/c1-16(2,3)25-15(24)23-10-8-17(12-22,9-11-23)18(20,21)13-6-4-5-7-14(13)19/h4-7H,8-11H2,1-3H3. The lowest BCUT2D eigenvalue weighted by Gasteiger charge is -2.42. The van der Waals surface area contributed by atoms with Gasteiger partial charge in [0.2, 0.25) is 0 Å². The van der Waals surface area contributed by atoms with Crippen LogP contribution in [0.5, 0.6) is 0 Å². The lowest BCUT2D eigenvalue weighted by atomic mass is 9.72. The minimum atomic E-state index is -3.42. The summed E-state index contributed by atoms with van der Waals surface area (Å²) >= 11 is 5.92. The molecule has 0 unspecified atom stereocenters. The molecule has 0 spiro atoms. The van der Waals surface area contributed by atoms with E-state index in [0.29, 0.717) is 0 Å². The Morgan fingerprint density at radius 3 is 2.32 bits per heavy atom. The number of likely N-dealkylation sites (tertiary alicyclic amines) is 1. The monoisotopic (exact) mass is 370 g/mol. The van der Waals surface area contributed by atoms with Gasteiger partial charge in [-0.3, -0.25) is 0 Å². The van der Waals surface area contributed by atoms with Gasteiger partial charge < -0.3 is 9.64 Å². The van der Waals surface area contributed by atoms with Crippen LogP contribution in [0.2, 0.25) is 5.02 Å². The van der Waals surface area contributed by atoms with E-state index in [9.17, 15) is 10.1 Å². The third kappa shape index (κ3) is 3.87. The Hall–Kier alpha value is -1.87. The van der Waals surface area contributed by atoms with Crippen molar-refractivity contribution >= 4 is 17.7 Å². The van der Waals surface area contributed by atoms with E-state index < -0.39 is 23.0 Å². The lowest BCUT2D eigenvalue weighted by molar-refractivity contribution is -0.124. The Kier molecular flexibility index (Phi) is 5.29. The summed E-state index contributed by atoms with van der Waals surface area (Å²) in [6.45, 7) is 5.27. The lowest BCUT2D eigenvalue weighted by Crippen LogP contribution is -2.50. The normalized spacial score (nSPS) is 17.7. The van der Waals surface area contributed by atoms with Gasteiger partial charge in [0.1, 0.15) is 11.0 Å². The molecule has 1 aromatic rings. The van der Waals surface area contributed by atoms with Crippen molar-refractivity contribution in [1.82, 2.24) is 4.90 Å². The minimum Gasteiger partial charge on any atom is -0.444 e. The van der Waals surface area contributed by atoms with Crippen LogP contribution >= 0.6 is 11.6 Å². The highest BCUT2D eigenvalue weighted by molar-refractivity contribution is 6.31. The van der Waals surface area contributed by atoms with Gasteiger partial charge in [-0.2, -0.15) is 14.0 Å². The first-order chi connectivity index (χ1) is 11.5. The second-order valence-corrected chi connectivity index (χ2v) is 7.62. The average molecular weight is 371 g/mol. The maximum absolute atomic E-state index is 15.1. The van der Waals surface area contributed by atoms with Crippen LogP contribution in [0, 0.1) is 16.7 Å². The van der Waals surface area contributed by atoms with Gasteiger partial charge in [-0.1, -0.05) is 29.8 Å². The van der Waals surface area contributed by atoms with E-state index in [1.807, 2.05) is 0 Å². The molecule has 0 radical (unpaired) electrons. The molecule has 2 rings (SSSR count). The number of carbonyl (C=O) groups excluding carboxylic acids is 1. The van der Waals surface area contributed by atoms with Gasteiger partial charge in [0, 0.05) is 23.7 Å². The van der Waals surface area contributed by atoms with E-state index in [4.69, 9.17) is 16.3 Å². The molecule has 1 aromatic carbocycles. The van der Waals surface area contributed by atoms with E-state index in [1.54, 1.807) is 32.9 Å². The van der Waals surface area contributed by atoms with Crippen LogP contribution in [0.25, 0.3) is 0 Å². The van der Waals surface area contributed by atoms with Crippen LogP contribution in [0.1, 0.15) is 39.2 Å². The van der Waals surface area contributed by atoms with Gasteiger partial charge in [0.05, 0.1) is 6.07 Å². The fourth-order valence-corrected chi connectivity index (χ4v) is 3.12. The average Bonchev–Trinajstić information content (AvgIpc) is 2.53. The number of hydrogen-bond acceptors (Lipinski definition) is 3. The maximum Gasteiger partial charge on any atom is 0.410 e. The third-order valence-electron chi connectivity index (χ3n) is 4.30. The Labute approximate surface area is 151 Å². The van der Waals surface area contributed by atoms with Crippen molar-refractivity contribution in [3.05, 3.63) is 34.9 Å². The van der Waals surface area contributed by atoms with Gasteiger partial charge in [-0.05, 0) is 39.7 Å². The number of nitriles is 1. The molecule has 1 fully saturated rings. The number of alkyl halides is 2. The first-order valence-electron chi connectivity index (χ1n) is 8.04. The summed E-state index contributed by atoms with van der Waals surface area (Å²) in [4.78, 5) is 13.5. The smallest absolute Gasteiger partial charge is 0.410 e. The molecule has 0 aliphatic carbocycles. The first kappa shape index (κ1) is 19.5. The Morgan fingerprint density at radius 2 is 1.84 bits per heavy atom. The number of amides is 1. The highest BCUT2D eigenvalue weighted by Gasteiger charge is 2.57. The molecular weight excluding hydrogens is 350 g/mol. The predicted octanol–water partition coefficient (Wildman–Crippen LogP) is 4.97. The molecule has 0 saturated carbocycles. The molecule has 1 aliphatic heterocycles. The van der Waals surface area contributed by atoms with Crippen molar-refractivity contribution < 1.29 is 18.3 Å². The highest BCUT2D eigenvalue weighted by atomic mass is 35.5. The van der Waals surface area contributed by atoms with Crippen molar-refractivity contribution in [2.24, 2.45) is 5.41 Å². The number of nitrogens with zero attached hydrogens (tertiary/aromatic N) is 2. The summed E-state index contributed by atoms with van der Waals surface area (Å²) in [5, 5.41) is 9.46. The van der Waals surface area contributed by atoms with Crippen molar-refractivity contribution in [2.75, 3.05) is 13.1 Å². The van der Waals surface area contributed by atoms with Gasteiger partial charge >= 0.3 is 6.09 Å². The first-order valence-corrected chi connectivity index (χ1v) is 8.42. The fraction of sp³-hybridized carbons (Fsp3) is 0.556. The summed E-state index contributed by atoms with van der Waals surface area (Å²) in [7, 11) is 0. The van der Waals surface area contributed by atoms with Gasteiger partial charge in [-0.15, -0.1) is 0 Å². The van der Waals surface area contributed by atoms with Gasteiger partial charge in [-0.25, -0.2) is 4.79 Å². The zero-order chi connectivity index (χ0) is 18.9. The molecule has 0 aromatic heterocycles. The molecule has 1 amide bonds. The van der Waals surface area contributed by atoms with Crippen molar-refractivity contribution in [3.8, 4) is 6.07 Å². The van der Waals surface area contributed by atoms with Gasteiger partial charge in [0.15, 0.2) is 0 Å². The zero-order valence-electron chi connectivity index (χ0n) is 14.5. The minimum absolute atomic E-state index is 0.0303. The summed E-state index contributed by atoms with van der Waals surface area (Å²) < 4.78 is 35.5. The number of piperidine rings is 1. The molecule has 1 saturated heterocycles.